The molecular formula is C23H28N2O2. The number of hydrogen-bond acceptors (Lipinski definition) is 3. The van der Waals surface area contributed by atoms with Crippen molar-refractivity contribution >= 4 is 5.91 Å². The molecule has 1 heterocycles. The van der Waals surface area contributed by atoms with E-state index >= 15 is 0 Å². The molecule has 1 amide bonds. The second kappa shape index (κ2) is 8.13. The van der Waals surface area contributed by atoms with Gasteiger partial charge in [-0.05, 0) is 43.9 Å². The van der Waals surface area contributed by atoms with Crippen molar-refractivity contribution in [3.05, 3.63) is 66.2 Å². The lowest BCUT2D eigenvalue weighted by Crippen LogP contribution is -2.58. The van der Waals surface area contributed by atoms with Crippen LogP contribution in [0.15, 0.2) is 60.7 Å². The lowest BCUT2D eigenvalue weighted by Gasteiger charge is -2.42. The Morgan fingerprint density at radius 1 is 1.04 bits per heavy atom. The third kappa shape index (κ3) is 4.51. The lowest BCUT2D eigenvalue weighted by atomic mass is 10.0. The summed E-state index contributed by atoms with van der Waals surface area (Å²) in [5.74, 6) is 0.838. The van der Waals surface area contributed by atoms with Crippen LogP contribution in [0, 0.1) is 0 Å². The van der Waals surface area contributed by atoms with Crippen molar-refractivity contribution in [3.8, 4) is 5.75 Å². The van der Waals surface area contributed by atoms with Crippen molar-refractivity contribution in [2.24, 2.45) is 0 Å². The number of ether oxygens (including phenoxy) is 1. The number of amides is 1. The molecule has 2 aromatic rings. The third-order valence-corrected chi connectivity index (χ3v) is 5.58. The van der Waals surface area contributed by atoms with Crippen molar-refractivity contribution in [2.75, 3.05) is 19.6 Å². The highest BCUT2D eigenvalue weighted by Crippen LogP contribution is 2.30. The molecule has 1 saturated carbocycles. The average Bonchev–Trinajstić information content (AvgIpc) is 3.54. The number of benzene rings is 2. The van der Waals surface area contributed by atoms with Crippen LogP contribution in [0.25, 0.3) is 0 Å². The highest BCUT2D eigenvalue weighted by molar-refractivity contribution is 5.81. The van der Waals surface area contributed by atoms with Gasteiger partial charge in [-0.2, -0.15) is 0 Å². The molecule has 2 unspecified atom stereocenters. The van der Waals surface area contributed by atoms with Crippen LogP contribution < -0.4 is 4.74 Å². The van der Waals surface area contributed by atoms with Crippen molar-refractivity contribution < 1.29 is 9.53 Å². The van der Waals surface area contributed by atoms with Crippen LogP contribution in [0.2, 0.25) is 0 Å². The molecule has 2 aromatic carbocycles. The van der Waals surface area contributed by atoms with Gasteiger partial charge in [-0.3, -0.25) is 9.69 Å². The first kappa shape index (κ1) is 18.1. The molecule has 1 aliphatic carbocycles. The molecule has 1 aliphatic heterocycles. The minimum absolute atomic E-state index is 0.0928. The van der Waals surface area contributed by atoms with Crippen LogP contribution >= 0.6 is 0 Å². The van der Waals surface area contributed by atoms with Crippen LogP contribution in [0.1, 0.15) is 25.3 Å². The number of carbonyl (C=O) groups excluding carboxylic acids is 1. The second-order valence-corrected chi connectivity index (χ2v) is 7.67. The second-order valence-electron chi connectivity index (χ2n) is 7.67. The van der Waals surface area contributed by atoms with Crippen molar-refractivity contribution in [1.82, 2.24) is 9.80 Å². The Morgan fingerprint density at radius 2 is 1.70 bits per heavy atom. The molecule has 0 N–H and O–H groups in total. The zero-order valence-electron chi connectivity index (χ0n) is 16.0. The van der Waals surface area contributed by atoms with E-state index in [4.69, 9.17) is 4.74 Å². The van der Waals surface area contributed by atoms with Crippen LogP contribution in [0.5, 0.6) is 5.75 Å². The van der Waals surface area contributed by atoms with Gasteiger partial charge in [0.05, 0.1) is 0 Å². The lowest BCUT2D eigenvalue weighted by molar-refractivity contribution is -0.143. The molecule has 2 aliphatic rings. The summed E-state index contributed by atoms with van der Waals surface area (Å²) in [6, 6.07) is 21.0. The Labute approximate surface area is 161 Å². The topological polar surface area (TPSA) is 32.8 Å². The van der Waals surface area contributed by atoms with Crippen LogP contribution in [0.4, 0.5) is 0 Å². The maximum atomic E-state index is 13.2. The molecule has 4 nitrogen and oxygen atoms in total. The number of nitrogens with zero attached hydrogens (tertiary/aromatic N) is 2. The molecule has 0 aromatic heterocycles. The summed E-state index contributed by atoms with van der Waals surface area (Å²) in [5, 5.41) is 0. The van der Waals surface area contributed by atoms with E-state index in [1.165, 1.54) is 18.4 Å². The van der Waals surface area contributed by atoms with Crippen LogP contribution in [-0.2, 0) is 11.2 Å². The zero-order chi connectivity index (χ0) is 18.6. The van der Waals surface area contributed by atoms with Gasteiger partial charge in [0.15, 0.2) is 6.10 Å². The third-order valence-electron chi connectivity index (χ3n) is 5.58. The molecule has 4 rings (SSSR count). The minimum atomic E-state index is -0.474. The molecule has 27 heavy (non-hydrogen) atoms. The van der Waals surface area contributed by atoms with E-state index in [1.807, 2.05) is 43.3 Å². The molecule has 0 bridgehead atoms. The Hall–Kier alpha value is -2.33. The minimum Gasteiger partial charge on any atom is -0.481 e. The first-order valence-electron chi connectivity index (χ1n) is 10.0. The van der Waals surface area contributed by atoms with Crippen LogP contribution in [-0.4, -0.2) is 53.5 Å². The predicted octanol–water partition coefficient (Wildman–Crippen LogP) is 3.37. The summed E-state index contributed by atoms with van der Waals surface area (Å²) in [7, 11) is 0. The largest absolute Gasteiger partial charge is 0.481 e. The summed E-state index contributed by atoms with van der Waals surface area (Å²) in [6.45, 7) is 4.58. The number of rotatable bonds is 6. The average molecular weight is 364 g/mol. The Balaban J connectivity index is 1.46. The normalized spacial score (nSPS) is 21.7. The van der Waals surface area contributed by atoms with E-state index in [1.54, 1.807) is 0 Å². The molecule has 0 spiro atoms. The molecular weight excluding hydrogens is 336 g/mol. The summed E-state index contributed by atoms with van der Waals surface area (Å²) in [5.41, 5.74) is 1.29. The fraction of sp³-hybridized carbons (Fsp3) is 0.435. The Bertz CT molecular complexity index is 745. The van der Waals surface area contributed by atoms with Crippen molar-refractivity contribution in [1.29, 1.82) is 0 Å². The smallest absolute Gasteiger partial charge is 0.263 e. The quantitative estimate of drug-likeness (QED) is 0.788. The molecule has 4 heteroatoms. The fourth-order valence-electron chi connectivity index (χ4n) is 3.99. The monoisotopic (exact) mass is 364 g/mol. The summed E-state index contributed by atoms with van der Waals surface area (Å²) in [6.07, 6.45) is 3.03. The van der Waals surface area contributed by atoms with E-state index in [9.17, 15) is 4.79 Å². The van der Waals surface area contributed by atoms with Gasteiger partial charge in [0.25, 0.3) is 5.91 Å². The first-order valence-corrected chi connectivity index (χ1v) is 10.0. The summed E-state index contributed by atoms with van der Waals surface area (Å²) < 4.78 is 5.91. The number of para-hydroxylation sites is 1. The van der Waals surface area contributed by atoms with E-state index in [-0.39, 0.29) is 11.9 Å². The number of carbonyl (C=O) groups is 1. The summed E-state index contributed by atoms with van der Waals surface area (Å²) >= 11 is 0. The van der Waals surface area contributed by atoms with Gasteiger partial charge in [-0.1, -0.05) is 48.5 Å². The van der Waals surface area contributed by atoms with Gasteiger partial charge < -0.3 is 9.64 Å². The van der Waals surface area contributed by atoms with E-state index < -0.39 is 6.10 Å². The fourth-order valence-corrected chi connectivity index (χ4v) is 3.99. The van der Waals surface area contributed by atoms with E-state index in [0.29, 0.717) is 0 Å². The molecule has 1 saturated heterocycles. The van der Waals surface area contributed by atoms with Crippen molar-refractivity contribution in [2.45, 2.75) is 44.4 Å². The predicted molar refractivity (Wildman–Crippen MR) is 107 cm³/mol. The summed E-state index contributed by atoms with van der Waals surface area (Å²) in [4.78, 5) is 17.8. The Morgan fingerprint density at radius 3 is 2.37 bits per heavy atom. The highest BCUT2D eigenvalue weighted by atomic mass is 16.5. The standard InChI is InChI=1S/C23H28N2O2/c1-18(27-22-10-6-3-7-11-22)23(26)25-15-14-24(20-12-13-20)17-21(25)16-19-8-4-2-5-9-19/h2-11,18,20-21H,12-17H2,1H3. The SMILES string of the molecule is CC(Oc1ccccc1)C(=O)N1CCN(C2CC2)CC1Cc1ccccc1. The van der Waals surface area contributed by atoms with Gasteiger partial charge in [-0.25, -0.2) is 0 Å². The van der Waals surface area contributed by atoms with Crippen LogP contribution in [0.3, 0.4) is 0 Å². The Kier molecular flexibility index (Phi) is 5.44. The molecule has 2 fully saturated rings. The van der Waals surface area contributed by atoms with Gasteiger partial charge in [0, 0.05) is 31.7 Å². The van der Waals surface area contributed by atoms with Gasteiger partial charge in [-0.15, -0.1) is 0 Å². The number of hydrogen-bond donors (Lipinski definition) is 0. The maximum Gasteiger partial charge on any atom is 0.263 e. The highest BCUT2D eigenvalue weighted by Gasteiger charge is 2.38. The molecule has 142 valence electrons. The van der Waals surface area contributed by atoms with Gasteiger partial charge in [0.2, 0.25) is 0 Å². The van der Waals surface area contributed by atoms with Crippen molar-refractivity contribution in [3.63, 3.8) is 0 Å². The van der Waals surface area contributed by atoms with E-state index in [2.05, 4.69) is 34.1 Å². The zero-order valence-corrected chi connectivity index (χ0v) is 16.0. The van der Waals surface area contributed by atoms with Gasteiger partial charge in [0.1, 0.15) is 5.75 Å². The van der Waals surface area contributed by atoms with Gasteiger partial charge >= 0.3 is 0 Å². The maximum absolute atomic E-state index is 13.2. The molecule has 0 radical (unpaired) electrons. The number of piperazine rings is 1. The van der Waals surface area contributed by atoms with E-state index in [0.717, 1.165) is 37.8 Å². The first-order chi connectivity index (χ1) is 13.2. The molecule has 2 atom stereocenters.